The molecule has 0 aromatic heterocycles. The van der Waals surface area contributed by atoms with Gasteiger partial charge in [0.15, 0.2) is 11.6 Å². The summed E-state index contributed by atoms with van der Waals surface area (Å²) in [6.45, 7) is 5.75. The van der Waals surface area contributed by atoms with Crippen molar-refractivity contribution in [2.75, 3.05) is 12.4 Å². The van der Waals surface area contributed by atoms with E-state index >= 15 is 0 Å². The fourth-order valence-electron chi connectivity index (χ4n) is 2.03. The molecular weight excluding hydrogens is 305 g/mol. The molecule has 1 saturated carbocycles. The standard InChI is InChI=1S/C16H22FNO3S/c1-3-4-9-22(19,20)18-12(2)14-7-8-15(17)16(10-14)21-11-13-5-6-13/h3,7-8,10,12-13,18H,1,4-6,9,11H2,2H3/t12-/m1/s1. The van der Waals surface area contributed by atoms with Gasteiger partial charge in [-0.05, 0) is 49.8 Å². The Labute approximate surface area is 131 Å². The van der Waals surface area contributed by atoms with E-state index in [1.165, 1.54) is 6.07 Å². The van der Waals surface area contributed by atoms with Gasteiger partial charge in [0.1, 0.15) is 0 Å². The molecule has 6 heteroatoms. The second-order valence-electron chi connectivity index (χ2n) is 5.68. The number of halogens is 1. The first-order valence-corrected chi connectivity index (χ1v) is 9.09. The van der Waals surface area contributed by atoms with Crippen LogP contribution in [0.1, 0.15) is 37.8 Å². The number of rotatable bonds is 9. The first-order valence-electron chi connectivity index (χ1n) is 7.44. The van der Waals surface area contributed by atoms with E-state index < -0.39 is 21.9 Å². The molecule has 0 radical (unpaired) electrons. The van der Waals surface area contributed by atoms with E-state index in [-0.39, 0.29) is 11.5 Å². The van der Waals surface area contributed by atoms with Gasteiger partial charge >= 0.3 is 0 Å². The molecule has 1 N–H and O–H groups in total. The molecule has 2 rings (SSSR count). The number of hydrogen-bond acceptors (Lipinski definition) is 3. The Hall–Kier alpha value is -1.40. The number of allylic oxidation sites excluding steroid dienone is 1. The predicted octanol–water partition coefficient (Wildman–Crippen LogP) is 3.17. The van der Waals surface area contributed by atoms with Crippen LogP contribution in [0.15, 0.2) is 30.9 Å². The summed E-state index contributed by atoms with van der Waals surface area (Å²) in [5, 5.41) is 0. The van der Waals surface area contributed by atoms with Crippen molar-refractivity contribution in [2.45, 2.75) is 32.2 Å². The number of ether oxygens (including phenoxy) is 1. The van der Waals surface area contributed by atoms with Gasteiger partial charge in [-0.3, -0.25) is 0 Å². The van der Waals surface area contributed by atoms with Crippen molar-refractivity contribution in [1.29, 1.82) is 0 Å². The Balaban J connectivity index is 2.03. The smallest absolute Gasteiger partial charge is 0.212 e. The predicted molar refractivity (Wildman–Crippen MR) is 84.8 cm³/mol. The van der Waals surface area contributed by atoms with Gasteiger partial charge in [0.2, 0.25) is 10.0 Å². The maximum absolute atomic E-state index is 13.7. The average Bonchev–Trinajstić information content (AvgIpc) is 3.28. The maximum Gasteiger partial charge on any atom is 0.212 e. The summed E-state index contributed by atoms with van der Waals surface area (Å²) in [7, 11) is -3.39. The third-order valence-corrected chi connectivity index (χ3v) is 5.06. The second kappa shape index (κ2) is 7.24. The van der Waals surface area contributed by atoms with Crippen molar-refractivity contribution in [1.82, 2.24) is 4.72 Å². The van der Waals surface area contributed by atoms with E-state index in [4.69, 9.17) is 4.74 Å². The van der Waals surface area contributed by atoms with E-state index in [2.05, 4.69) is 11.3 Å². The summed E-state index contributed by atoms with van der Waals surface area (Å²) < 4.78 is 45.6. The van der Waals surface area contributed by atoms with Crippen LogP contribution in [0, 0.1) is 11.7 Å². The SMILES string of the molecule is C=CCCS(=O)(=O)N[C@H](C)c1ccc(F)c(OCC2CC2)c1. The molecule has 1 atom stereocenters. The number of hydrogen-bond donors (Lipinski definition) is 1. The highest BCUT2D eigenvalue weighted by molar-refractivity contribution is 7.89. The van der Waals surface area contributed by atoms with Gasteiger partial charge in [-0.25, -0.2) is 17.5 Å². The Bertz CT molecular complexity index is 626. The lowest BCUT2D eigenvalue weighted by atomic mass is 10.1. The lowest BCUT2D eigenvalue weighted by Gasteiger charge is -2.16. The van der Waals surface area contributed by atoms with Crippen LogP contribution in [0.25, 0.3) is 0 Å². The topological polar surface area (TPSA) is 55.4 Å². The van der Waals surface area contributed by atoms with Gasteiger partial charge in [0.25, 0.3) is 0 Å². The highest BCUT2D eigenvalue weighted by Gasteiger charge is 2.23. The fraction of sp³-hybridized carbons (Fsp3) is 0.500. The van der Waals surface area contributed by atoms with E-state index in [9.17, 15) is 12.8 Å². The first kappa shape index (κ1) is 17.0. The molecule has 0 saturated heterocycles. The number of benzene rings is 1. The molecule has 0 unspecified atom stereocenters. The lowest BCUT2D eigenvalue weighted by Crippen LogP contribution is -2.29. The number of nitrogens with one attached hydrogen (secondary N) is 1. The third-order valence-electron chi connectivity index (χ3n) is 3.57. The molecular formula is C16H22FNO3S. The Morgan fingerprint density at radius 2 is 2.23 bits per heavy atom. The lowest BCUT2D eigenvalue weighted by molar-refractivity contribution is 0.285. The van der Waals surface area contributed by atoms with Gasteiger partial charge in [-0.1, -0.05) is 12.1 Å². The highest BCUT2D eigenvalue weighted by Crippen LogP contribution is 2.31. The van der Waals surface area contributed by atoms with Gasteiger partial charge in [-0.2, -0.15) is 0 Å². The summed E-state index contributed by atoms with van der Waals surface area (Å²) in [5.41, 5.74) is 0.675. The van der Waals surface area contributed by atoms with Crippen molar-refractivity contribution in [3.63, 3.8) is 0 Å². The van der Waals surface area contributed by atoms with Gasteiger partial charge in [0, 0.05) is 6.04 Å². The molecule has 0 bridgehead atoms. The quantitative estimate of drug-likeness (QED) is 0.709. The summed E-state index contributed by atoms with van der Waals surface area (Å²) in [6.07, 6.45) is 4.20. The molecule has 1 aromatic carbocycles. The maximum atomic E-state index is 13.7. The molecule has 4 nitrogen and oxygen atoms in total. The van der Waals surface area contributed by atoms with E-state index in [1.54, 1.807) is 25.1 Å². The van der Waals surface area contributed by atoms with Gasteiger partial charge in [-0.15, -0.1) is 6.58 Å². The van der Waals surface area contributed by atoms with Crippen molar-refractivity contribution in [3.8, 4) is 5.75 Å². The highest BCUT2D eigenvalue weighted by atomic mass is 32.2. The second-order valence-corrected chi connectivity index (χ2v) is 7.55. The van der Waals surface area contributed by atoms with Crippen LogP contribution in [0.4, 0.5) is 4.39 Å². The zero-order valence-electron chi connectivity index (χ0n) is 12.7. The Kier molecular flexibility index (Phi) is 5.58. The summed E-state index contributed by atoms with van der Waals surface area (Å²) in [4.78, 5) is 0. The Morgan fingerprint density at radius 1 is 1.50 bits per heavy atom. The largest absolute Gasteiger partial charge is 0.490 e. The van der Waals surface area contributed by atoms with E-state index in [0.717, 1.165) is 12.8 Å². The molecule has 22 heavy (non-hydrogen) atoms. The molecule has 1 aliphatic carbocycles. The van der Waals surface area contributed by atoms with Crippen LogP contribution in [0.3, 0.4) is 0 Å². The van der Waals surface area contributed by atoms with Crippen LogP contribution in [0.5, 0.6) is 5.75 Å². The summed E-state index contributed by atoms with van der Waals surface area (Å²) >= 11 is 0. The van der Waals surface area contributed by atoms with E-state index in [0.29, 0.717) is 24.5 Å². The van der Waals surface area contributed by atoms with E-state index in [1.807, 2.05) is 0 Å². The fourth-order valence-corrected chi connectivity index (χ4v) is 3.30. The van der Waals surface area contributed by atoms with Crippen molar-refractivity contribution in [3.05, 3.63) is 42.2 Å². The average molecular weight is 327 g/mol. The van der Waals surface area contributed by atoms with Gasteiger partial charge in [0.05, 0.1) is 12.4 Å². The van der Waals surface area contributed by atoms with Crippen LogP contribution in [-0.2, 0) is 10.0 Å². The Morgan fingerprint density at radius 3 is 2.86 bits per heavy atom. The van der Waals surface area contributed by atoms with Crippen molar-refractivity contribution in [2.24, 2.45) is 5.92 Å². The monoisotopic (exact) mass is 327 g/mol. The minimum absolute atomic E-state index is 0.00687. The van der Waals surface area contributed by atoms with Crippen molar-refractivity contribution >= 4 is 10.0 Å². The third kappa shape index (κ3) is 5.10. The minimum Gasteiger partial charge on any atom is -0.490 e. The summed E-state index contributed by atoms with van der Waals surface area (Å²) in [5.74, 6) is 0.276. The minimum atomic E-state index is -3.39. The molecule has 1 fully saturated rings. The van der Waals surface area contributed by atoms with Crippen molar-refractivity contribution < 1.29 is 17.5 Å². The molecule has 1 aromatic rings. The first-order chi connectivity index (χ1) is 10.4. The molecule has 122 valence electrons. The molecule has 0 spiro atoms. The molecule has 0 aliphatic heterocycles. The van der Waals surface area contributed by atoms with Gasteiger partial charge < -0.3 is 4.74 Å². The normalized spacial score (nSPS) is 16.3. The number of sulfonamides is 1. The molecule has 0 heterocycles. The molecule has 1 aliphatic rings. The van der Waals surface area contributed by atoms with Crippen LogP contribution < -0.4 is 9.46 Å². The summed E-state index contributed by atoms with van der Waals surface area (Å²) in [6, 6.07) is 4.00. The van der Waals surface area contributed by atoms with Crippen LogP contribution >= 0.6 is 0 Å². The molecule has 0 amide bonds. The zero-order valence-corrected chi connectivity index (χ0v) is 13.5. The van der Waals surface area contributed by atoms with Crippen LogP contribution in [0.2, 0.25) is 0 Å². The van der Waals surface area contributed by atoms with Crippen LogP contribution in [-0.4, -0.2) is 20.8 Å². The zero-order chi connectivity index (χ0) is 16.2.